The highest BCUT2D eigenvalue weighted by molar-refractivity contribution is 6.31. The number of carbonyl (C=O) groups excluding carboxylic acids is 1. The highest BCUT2D eigenvalue weighted by atomic mass is 35.5. The fourth-order valence-electron chi connectivity index (χ4n) is 2.73. The number of carbonyl (C=O) groups is 1. The van der Waals surface area contributed by atoms with Gasteiger partial charge in [0.25, 0.3) is 0 Å². The van der Waals surface area contributed by atoms with E-state index in [1.807, 2.05) is 26.1 Å². The zero-order valence-corrected chi connectivity index (χ0v) is 15.1. The molecule has 0 radical (unpaired) electrons. The summed E-state index contributed by atoms with van der Waals surface area (Å²) in [5, 5.41) is 0.772. The Kier molecular flexibility index (Phi) is 5.36. The maximum atomic E-state index is 11.9. The summed E-state index contributed by atoms with van der Waals surface area (Å²) in [5.74, 6) is 0.841. The van der Waals surface area contributed by atoms with Crippen LogP contribution in [0.5, 0.6) is 0 Å². The molecule has 1 aromatic carbocycles. The molecular weight excluding hydrogens is 314 g/mol. The molecule has 0 spiro atoms. The highest BCUT2D eigenvalue weighted by Crippen LogP contribution is 2.18. The first-order valence-electron chi connectivity index (χ1n) is 7.47. The molecule has 0 atom stereocenters. The Bertz CT molecular complexity index is 604. The van der Waals surface area contributed by atoms with Gasteiger partial charge in [-0.3, -0.25) is 4.99 Å². The second kappa shape index (κ2) is 7.08. The molecule has 1 fully saturated rings. The van der Waals surface area contributed by atoms with E-state index in [9.17, 15) is 4.79 Å². The molecule has 1 heterocycles. The summed E-state index contributed by atoms with van der Waals surface area (Å²) in [6, 6.07) is 6.10. The lowest BCUT2D eigenvalue weighted by molar-refractivity contribution is 0.0876. The van der Waals surface area contributed by atoms with Gasteiger partial charge in [0.2, 0.25) is 0 Å². The smallest absolute Gasteiger partial charge is 0.322 e. The number of amides is 2. The van der Waals surface area contributed by atoms with Crippen LogP contribution in [0.1, 0.15) is 11.1 Å². The van der Waals surface area contributed by atoms with E-state index in [0.29, 0.717) is 19.9 Å². The lowest BCUT2D eigenvalue weighted by atomic mass is 10.1. The zero-order valence-electron chi connectivity index (χ0n) is 14.4. The molecule has 0 bridgehead atoms. The number of rotatable bonds is 2. The average molecular weight is 338 g/mol. The van der Waals surface area contributed by atoms with Gasteiger partial charge in [-0.25, -0.2) is 4.79 Å². The third kappa shape index (κ3) is 3.88. The molecule has 1 aromatic rings. The van der Waals surface area contributed by atoms with Crippen LogP contribution in [0, 0.1) is 6.92 Å². The average Bonchev–Trinajstić information content (AvgIpc) is 2.49. The topological polar surface area (TPSA) is 42.4 Å². The van der Waals surface area contributed by atoms with E-state index >= 15 is 0 Å². The molecule has 0 aromatic heterocycles. The molecule has 0 unspecified atom stereocenters. The first kappa shape index (κ1) is 17.4. The minimum atomic E-state index is 0.0182. The van der Waals surface area contributed by atoms with Crippen molar-refractivity contribution in [3.05, 3.63) is 34.3 Å². The zero-order chi connectivity index (χ0) is 17.1. The van der Waals surface area contributed by atoms with Crippen molar-refractivity contribution in [1.82, 2.24) is 19.6 Å². The molecule has 1 saturated heterocycles. The first-order valence-corrected chi connectivity index (χ1v) is 7.85. The largest absolute Gasteiger partial charge is 0.341 e. The van der Waals surface area contributed by atoms with Crippen LogP contribution in [0.15, 0.2) is 23.2 Å². The molecular formula is C16H24ClN5O. The van der Waals surface area contributed by atoms with E-state index in [4.69, 9.17) is 11.6 Å². The van der Waals surface area contributed by atoms with Gasteiger partial charge in [-0.15, -0.1) is 0 Å². The Balaban J connectivity index is 2.11. The number of halogens is 1. The van der Waals surface area contributed by atoms with Gasteiger partial charge >= 0.3 is 6.03 Å². The summed E-state index contributed by atoms with van der Waals surface area (Å²) in [6.07, 6.45) is 0. The number of aryl methyl sites for hydroxylation is 1. The van der Waals surface area contributed by atoms with Gasteiger partial charge in [0.15, 0.2) is 5.96 Å². The lowest BCUT2D eigenvalue weighted by Crippen LogP contribution is -2.59. The third-order valence-electron chi connectivity index (χ3n) is 3.90. The molecule has 23 heavy (non-hydrogen) atoms. The summed E-state index contributed by atoms with van der Waals surface area (Å²) >= 11 is 6.20. The van der Waals surface area contributed by atoms with Gasteiger partial charge in [0, 0.05) is 39.8 Å². The molecule has 2 rings (SSSR count). The number of nitrogens with zero attached hydrogens (tertiary/aromatic N) is 5. The van der Waals surface area contributed by atoms with Crippen LogP contribution in [0.25, 0.3) is 0 Å². The number of hydrogen-bond donors (Lipinski definition) is 0. The van der Waals surface area contributed by atoms with Crippen LogP contribution in [-0.2, 0) is 6.54 Å². The summed E-state index contributed by atoms with van der Waals surface area (Å²) in [4.78, 5) is 23.8. The van der Waals surface area contributed by atoms with E-state index < -0.39 is 0 Å². The fourth-order valence-corrected chi connectivity index (χ4v) is 2.93. The van der Waals surface area contributed by atoms with E-state index in [-0.39, 0.29) is 6.03 Å². The van der Waals surface area contributed by atoms with E-state index in [2.05, 4.69) is 20.9 Å². The number of hydrogen-bond acceptors (Lipinski definition) is 2. The van der Waals surface area contributed by atoms with Crippen molar-refractivity contribution in [3.63, 3.8) is 0 Å². The van der Waals surface area contributed by atoms with Crippen molar-refractivity contribution in [1.29, 1.82) is 0 Å². The van der Waals surface area contributed by atoms with Crippen LogP contribution in [0.2, 0.25) is 5.02 Å². The molecule has 6 nitrogen and oxygen atoms in total. The molecule has 0 saturated carbocycles. The van der Waals surface area contributed by atoms with E-state index in [1.165, 1.54) is 0 Å². The number of guanidine groups is 1. The Morgan fingerprint density at radius 3 is 2.43 bits per heavy atom. The monoisotopic (exact) mass is 337 g/mol. The third-order valence-corrected chi connectivity index (χ3v) is 4.31. The number of aliphatic imine (C=N–C) groups is 1. The number of urea groups is 1. The lowest BCUT2D eigenvalue weighted by Gasteiger charge is -2.42. The Hall–Kier alpha value is -1.95. The van der Waals surface area contributed by atoms with Crippen molar-refractivity contribution in [3.8, 4) is 0 Å². The Labute approximate surface area is 142 Å². The van der Waals surface area contributed by atoms with Crippen molar-refractivity contribution in [2.75, 3.05) is 41.5 Å². The Morgan fingerprint density at radius 2 is 1.91 bits per heavy atom. The van der Waals surface area contributed by atoms with Crippen LogP contribution in [0.4, 0.5) is 4.79 Å². The molecule has 7 heteroatoms. The summed E-state index contributed by atoms with van der Waals surface area (Å²) in [6.45, 7) is 3.74. The SMILES string of the molecule is C/N=C(/N(C)Cc1ccc(C)c(Cl)c1)N1CN(C)C(=O)N(C)C1. The van der Waals surface area contributed by atoms with Gasteiger partial charge in [-0.05, 0) is 24.1 Å². The van der Waals surface area contributed by atoms with Gasteiger partial charge in [-0.1, -0.05) is 23.7 Å². The maximum absolute atomic E-state index is 11.9. The van der Waals surface area contributed by atoms with Gasteiger partial charge in [0.1, 0.15) is 0 Å². The fraction of sp³-hybridized carbons (Fsp3) is 0.500. The first-order chi connectivity index (χ1) is 10.8. The summed E-state index contributed by atoms with van der Waals surface area (Å²) in [5.41, 5.74) is 2.19. The molecule has 1 aliphatic rings. The summed E-state index contributed by atoms with van der Waals surface area (Å²) < 4.78 is 0. The van der Waals surface area contributed by atoms with Crippen molar-refractivity contribution < 1.29 is 4.79 Å². The van der Waals surface area contributed by atoms with Crippen LogP contribution < -0.4 is 0 Å². The molecule has 2 amide bonds. The maximum Gasteiger partial charge on any atom is 0.322 e. The highest BCUT2D eigenvalue weighted by Gasteiger charge is 2.28. The van der Waals surface area contributed by atoms with Gasteiger partial charge in [-0.2, -0.15) is 0 Å². The molecule has 126 valence electrons. The predicted molar refractivity (Wildman–Crippen MR) is 93.5 cm³/mol. The Morgan fingerprint density at radius 1 is 1.30 bits per heavy atom. The minimum absolute atomic E-state index is 0.0182. The van der Waals surface area contributed by atoms with Gasteiger partial charge in [0.05, 0.1) is 13.3 Å². The molecule has 0 N–H and O–H groups in total. The van der Waals surface area contributed by atoms with E-state index in [0.717, 1.165) is 22.1 Å². The van der Waals surface area contributed by atoms with Crippen LogP contribution in [-0.4, -0.2) is 73.1 Å². The van der Waals surface area contributed by atoms with Crippen LogP contribution >= 0.6 is 11.6 Å². The quantitative estimate of drug-likeness (QED) is 0.614. The summed E-state index contributed by atoms with van der Waals surface area (Å²) in [7, 11) is 7.34. The van der Waals surface area contributed by atoms with Crippen molar-refractivity contribution >= 4 is 23.6 Å². The number of benzene rings is 1. The normalized spacial score (nSPS) is 16.2. The van der Waals surface area contributed by atoms with Crippen LogP contribution in [0.3, 0.4) is 0 Å². The van der Waals surface area contributed by atoms with Gasteiger partial charge < -0.3 is 19.6 Å². The second-order valence-electron chi connectivity index (χ2n) is 5.96. The second-order valence-corrected chi connectivity index (χ2v) is 6.37. The van der Waals surface area contributed by atoms with Crippen molar-refractivity contribution in [2.45, 2.75) is 13.5 Å². The standard InChI is InChI=1S/C16H24ClN5O/c1-12-6-7-13(8-14(12)17)9-19(3)15(18-2)22-10-20(4)16(23)21(5)11-22/h6-8H,9-11H2,1-5H3/b18-15-. The molecule has 1 aliphatic heterocycles. The predicted octanol–water partition coefficient (Wildman–Crippen LogP) is 2.28. The minimum Gasteiger partial charge on any atom is -0.341 e. The molecule has 0 aliphatic carbocycles. The van der Waals surface area contributed by atoms with Crippen molar-refractivity contribution in [2.24, 2.45) is 4.99 Å². The van der Waals surface area contributed by atoms with E-state index in [1.54, 1.807) is 30.9 Å².